The van der Waals surface area contributed by atoms with Crippen LogP contribution < -0.4 is 5.32 Å². The van der Waals surface area contributed by atoms with Gasteiger partial charge in [-0.25, -0.2) is 9.97 Å². The van der Waals surface area contributed by atoms with E-state index < -0.39 is 8.32 Å². The van der Waals surface area contributed by atoms with Crippen molar-refractivity contribution in [2.75, 3.05) is 5.32 Å². The van der Waals surface area contributed by atoms with Crippen molar-refractivity contribution in [2.24, 2.45) is 5.92 Å². The zero-order valence-electron chi connectivity index (χ0n) is 23.6. The van der Waals surface area contributed by atoms with Gasteiger partial charge in [-0.15, -0.1) is 0 Å². The molecule has 0 unspecified atom stereocenters. The molecule has 0 aliphatic heterocycles. The maximum absolute atomic E-state index is 9.50. The van der Waals surface area contributed by atoms with E-state index in [1.165, 1.54) is 18.1 Å². The number of carbonyl (C=O) groups is 1. The molecule has 2 aromatic heterocycles. The second-order valence-electron chi connectivity index (χ2n) is 12.0. The number of aldehydes is 1. The first-order valence-electron chi connectivity index (χ1n) is 13.7. The first kappa shape index (κ1) is 28.0. The van der Waals surface area contributed by atoms with Crippen LogP contribution in [-0.4, -0.2) is 35.2 Å². The number of hydrogen-bond acceptors (Lipinski definition) is 6. The number of hydrogen-bond donors (Lipinski definition) is 1. The number of nitriles is 1. The predicted molar refractivity (Wildman–Crippen MR) is 154 cm³/mol. The summed E-state index contributed by atoms with van der Waals surface area (Å²) >= 11 is 0. The molecule has 2 heterocycles. The number of aryl methyl sites for hydroxylation is 1. The molecule has 1 aromatic carbocycles. The first-order chi connectivity index (χ1) is 18.1. The normalized spacial score (nSPS) is 22.9. The number of fused-ring (bicyclic) bond motifs is 2. The molecule has 7 nitrogen and oxygen atoms in total. The molecule has 1 saturated carbocycles. The lowest BCUT2D eigenvalue weighted by molar-refractivity contribution is -0.106. The van der Waals surface area contributed by atoms with Crippen LogP contribution in [0, 0.1) is 17.2 Å². The van der Waals surface area contributed by atoms with Gasteiger partial charge in [-0.3, -0.25) is 0 Å². The Kier molecular flexibility index (Phi) is 8.39. The van der Waals surface area contributed by atoms with Gasteiger partial charge in [-0.2, -0.15) is 5.26 Å². The summed E-state index contributed by atoms with van der Waals surface area (Å²) in [4.78, 5) is 18.1. The van der Waals surface area contributed by atoms with Gasteiger partial charge < -0.3 is 19.1 Å². The minimum atomic E-state index is -1.92. The standard InChI is InChI=1S/C28H37N5OSi.C2H4O/c1-28(2,3)35(4,5)34-25-17-21(16-20(25)12-14-29)33-15-13-23-26(30-18-31-27(23)33)32-24-11-10-19-8-6-7-9-22(19)24;1-2-3/h6-9,13,15,18,20-21,24-25H,10-12,16-17H2,1-5H3,(H,30,31,32);2H,1H3/t20-,21-,24+,25+;/m1./s1. The van der Waals surface area contributed by atoms with E-state index in [1.54, 1.807) is 6.33 Å². The number of nitrogens with one attached hydrogen (secondary N) is 1. The third-order valence-corrected chi connectivity index (χ3v) is 13.1. The van der Waals surface area contributed by atoms with Gasteiger partial charge >= 0.3 is 0 Å². The van der Waals surface area contributed by atoms with Gasteiger partial charge in [0.15, 0.2) is 8.32 Å². The number of carbonyl (C=O) groups excluding carboxylic acids is 1. The largest absolute Gasteiger partial charge is 0.414 e. The number of benzene rings is 1. The zero-order chi connectivity index (χ0) is 27.5. The SMILES string of the molecule is CC(C)(C)[Si](C)(C)O[C@H]1C[C@H](n2ccc3c(N[C@H]4CCc5ccccc54)ncnc32)C[C@H]1CC#N.CC=O. The third-order valence-electron chi connectivity index (χ3n) is 8.56. The Bertz CT molecular complexity index is 1310. The van der Waals surface area contributed by atoms with E-state index in [0.717, 1.165) is 48.8 Å². The third kappa shape index (κ3) is 5.69. The smallest absolute Gasteiger partial charge is 0.192 e. The molecule has 5 rings (SSSR count). The molecular formula is C30H41N5O2Si. The number of anilines is 1. The maximum atomic E-state index is 9.50. The Labute approximate surface area is 227 Å². The van der Waals surface area contributed by atoms with E-state index in [9.17, 15) is 5.26 Å². The molecule has 3 aromatic rings. The molecule has 2 aliphatic carbocycles. The van der Waals surface area contributed by atoms with Gasteiger partial charge in [0.2, 0.25) is 0 Å². The molecule has 0 bridgehead atoms. The van der Waals surface area contributed by atoms with Crippen molar-refractivity contribution in [3.05, 3.63) is 54.0 Å². The van der Waals surface area contributed by atoms with E-state index in [4.69, 9.17) is 9.22 Å². The Morgan fingerprint density at radius 1 is 1.21 bits per heavy atom. The molecule has 4 atom stereocenters. The summed E-state index contributed by atoms with van der Waals surface area (Å²) < 4.78 is 9.14. The average Bonchev–Trinajstić information content (AvgIpc) is 3.57. The van der Waals surface area contributed by atoms with E-state index in [0.29, 0.717) is 6.42 Å². The molecule has 0 spiro atoms. The number of aromatic nitrogens is 3. The molecular weight excluding hydrogens is 490 g/mol. The fourth-order valence-corrected chi connectivity index (χ4v) is 6.97. The molecule has 1 fully saturated rings. The maximum Gasteiger partial charge on any atom is 0.192 e. The van der Waals surface area contributed by atoms with Gasteiger partial charge in [0, 0.05) is 18.7 Å². The van der Waals surface area contributed by atoms with Crippen molar-refractivity contribution >= 4 is 31.5 Å². The highest BCUT2D eigenvalue weighted by molar-refractivity contribution is 6.74. The van der Waals surface area contributed by atoms with Crippen molar-refractivity contribution in [3.63, 3.8) is 0 Å². The summed E-state index contributed by atoms with van der Waals surface area (Å²) in [6, 6.07) is 13.8. The van der Waals surface area contributed by atoms with Gasteiger partial charge in [0.25, 0.3) is 0 Å². The van der Waals surface area contributed by atoms with Crippen molar-refractivity contribution in [2.45, 2.75) is 96.1 Å². The van der Waals surface area contributed by atoms with E-state index >= 15 is 0 Å². The van der Waals surface area contributed by atoms with Gasteiger partial charge in [-0.1, -0.05) is 45.0 Å². The number of rotatable bonds is 6. The van der Waals surface area contributed by atoms with Crippen LogP contribution in [0.1, 0.15) is 76.6 Å². The predicted octanol–water partition coefficient (Wildman–Crippen LogP) is 6.99. The van der Waals surface area contributed by atoms with Crippen molar-refractivity contribution in [1.82, 2.24) is 14.5 Å². The lowest BCUT2D eigenvalue weighted by atomic mass is 10.0. The van der Waals surface area contributed by atoms with Crippen molar-refractivity contribution in [3.8, 4) is 6.07 Å². The fourth-order valence-electron chi connectivity index (χ4n) is 5.57. The molecule has 0 saturated heterocycles. The fraction of sp³-hybridized carbons (Fsp3) is 0.533. The first-order valence-corrected chi connectivity index (χ1v) is 16.6. The Morgan fingerprint density at radius 3 is 2.66 bits per heavy atom. The second kappa shape index (κ2) is 11.4. The minimum absolute atomic E-state index is 0.118. The lowest BCUT2D eigenvalue weighted by Gasteiger charge is -2.39. The van der Waals surface area contributed by atoms with Crippen LogP contribution in [0.3, 0.4) is 0 Å². The molecule has 0 amide bonds. The van der Waals surface area contributed by atoms with Crippen molar-refractivity contribution < 1.29 is 9.22 Å². The van der Waals surface area contributed by atoms with E-state index in [2.05, 4.69) is 96.3 Å². The molecule has 8 heteroatoms. The van der Waals surface area contributed by atoms with Crippen LogP contribution >= 0.6 is 0 Å². The Balaban J connectivity index is 0.00000107. The van der Waals surface area contributed by atoms with Gasteiger partial charge in [0.05, 0.1) is 23.6 Å². The number of nitrogens with zero attached hydrogens (tertiary/aromatic N) is 4. The zero-order valence-corrected chi connectivity index (χ0v) is 24.6. The average molecular weight is 532 g/mol. The molecule has 202 valence electrons. The van der Waals surface area contributed by atoms with Crippen LogP contribution in [0.2, 0.25) is 18.1 Å². The van der Waals surface area contributed by atoms with Crippen LogP contribution in [0.4, 0.5) is 5.82 Å². The highest BCUT2D eigenvalue weighted by Gasteiger charge is 2.44. The highest BCUT2D eigenvalue weighted by atomic mass is 28.4. The van der Waals surface area contributed by atoms with Gasteiger partial charge in [0.1, 0.15) is 24.1 Å². The summed E-state index contributed by atoms with van der Waals surface area (Å²) in [5.74, 6) is 1.15. The van der Waals surface area contributed by atoms with E-state index in [1.807, 2.05) is 0 Å². The van der Waals surface area contributed by atoms with Crippen LogP contribution in [-0.2, 0) is 15.6 Å². The topological polar surface area (TPSA) is 92.8 Å². The van der Waals surface area contributed by atoms with Crippen LogP contribution in [0.15, 0.2) is 42.9 Å². The Hall–Kier alpha value is -3.02. The second-order valence-corrected chi connectivity index (χ2v) is 16.8. The summed E-state index contributed by atoms with van der Waals surface area (Å²) in [5, 5.41) is 14.4. The molecule has 1 N–H and O–H groups in total. The monoisotopic (exact) mass is 531 g/mol. The van der Waals surface area contributed by atoms with Crippen molar-refractivity contribution in [1.29, 1.82) is 5.26 Å². The molecule has 2 aliphatic rings. The summed E-state index contributed by atoms with van der Waals surface area (Å²) in [6.45, 7) is 12.9. The lowest BCUT2D eigenvalue weighted by Crippen LogP contribution is -2.44. The van der Waals surface area contributed by atoms with E-state index in [-0.39, 0.29) is 29.1 Å². The molecule has 38 heavy (non-hydrogen) atoms. The highest BCUT2D eigenvalue weighted by Crippen LogP contribution is 2.45. The quantitative estimate of drug-likeness (QED) is 0.272. The minimum Gasteiger partial charge on any atom is -0.414 e. The molecule has 0 radical (unpaired) electrons. The van der Waals surface area contributed by atoms with Gasteiger partial charge in [-0.05, 0) is 73.9 Å². The van der Waals surface area contributed by atoms with Crippen LogP contribution in [0.5, 0.6) is 0 Å². The summed E-state index contributed by atoms with van der Waals surface area (Å²) in [6.07, 6.45) is 9.27. The summed E-state index contributed by atoms with van der Waals surface area (Å²) in [7, 11) is -1.92. The summed E-state index contributed by atoms with van der Waals surface area (Å²) in [5.41, 5.74) is 3.76. The van der Waals surface area contributed by atoms with Crippen LogP contribution in [0.25, 0.3) is 11.0 Å². The Morgan fingerprint density at radius 2 is 1.95 bits per heavy atom.